The van der Waals surface area contributed by atoms with E-state index in [2.05, 4.69) is 15.1 Å². The molecule has 3 aromatic rings. The van der Waals surface area contributed by atoms with Gasteiger partial charge in [0.15, 0.2) is 5.82 Å². The minimum atomic E-state index is -0.581. The third kappa shape index (κ3) is 6.27. The Morgan fingerprint density at radius 3 is 2.42 bits per heavy atom. The third-order valence-corrected chi connectivity index (χ3v) is 7.00. The van der Waals surface area contributed by atoms with Crippen molar-refractivity contribution < 1.29 is 18.7 Å². The monoisotopic (exact) mass is 519 g/mol. The molecule has 1 aromatic heterocycles. The SMILES string of the molecule is CCC(C)N(CC(=O)N1CCCN(c2ccc(-c3ccc(OC)cc3)nn2)CC1)C(=O)c1ccccc1F. The predicted octanol–water partition coefficient (Wildman–Crippen LogP) is 4.27. The lowest BCUT2D eigenvalue weighted by Gasteiger charge is -2.31. The number of carbonyl (C=O) groups is 2. The maximum atomic E-state index is 14.3. The normalized spacial score (nSPS) is 14.5. The summed E-state index contributed by atoms with van der Waals surface area (Å²) in [5.41, 5.74) is 1.71. The van der Waals surface area contributed by atoms with Gasteiger partial charge in [0.05, 0.1) is 18.4 Å². The van der Waals surface area contributed by atoms with Crippen molar-refractivity contribution in [1.29, 1.82) is 0 Å². The topological polar surface area (TPSA) is 78.9 Å². The van der Waals surface area contributed by atoms with Gasteiger partial charge in [0, 0.05) is 37.8 Å². The summed E-state index contributed by atoms with van der Waals surface area (Å²) >= 11 is 0. The average molecular weight is 520 g/mol. The summed E-state index contributed by atoms with van der Waals surface area (Å²) in [6.45, 7) is 6.17. The van der Waals surface area contributed by atoms with Crippen LogP contribution in [0, 0.1) is 5.82 Å². The van der Waals surface area contributed by atoms with Crippen molar-refractivity contribution in [1.82, 2.24) is 20.0 Å². The van der Waals surface area contributed by atoms with Crippen LogP contribution in [0.1, 0.15) is 37.0 Å². The molecule has 4 rings (SSSR count). The van der Waals surface area contributed by atoms with E-state index in [1.807, 2.05) is 50.2 Å². The molecule has 2 heterocycles. The van der Waals surface area contributed by atoms with Crippen molar-refractivity contribution in [3.8, 4) is 17.0 Å². The Morgan fingerprint density at radius 2 is 1.76 bits per heavy atom. The summed E-state index contributed by atoms with van der Waals surface area (Å²) in [4.78, 5) is 31.8. The number of rotatable bonds is 8. The second kappa shape index (κ2) is 12.5. The molecule has 0 saturated carbocycles. The summed E-state index contributed by atoms with van der Waals surface area (Å²) in [5.74, 6) is 0.355. The van der Waals surface area contributed by atoms with Crippen LogP contribution in [0.3, 0.4) is 0 Å². The van der Waals surface area contributed by atoms with Crippen molar-refractivity contribution in [2.75, 3.05) is 44.7 Å². The molecule has 38 heavy (non-hydrogen) atoms. The second-order valence-electron chi connectivity index (χ2n) is 9.40. The van der Waals surface area contributed by atoms with Gasteiger partial charge in [0.1, 0.15) is 18.1 Å². The van der Waals surface area contributed by atoms with Gasteiger partial charge in [-0.15, -0.1) is 10.2 Å². The fourth-order valence-electron chi connectivity index (χ4n) is 4.49. The van der Waals surface area contributed by atoms with E-state index in [1.165, 1.54) is 17.0 Å². The fourth-order valence-corrected chi connectivity index (χ4v) is 4.49. The Morgan fingerprint density at radius 1 is 1.00 bits per heavy atom. The first-order valence-electron chi connectivity index (χ1n) is 13.0. The first-order valence-corrected chi connectivity index (χ1v) is 13.0. The first kappa shape index (κ1) is 27.0. The van der Waals surface area contributed by atoms with Crippen molar-refractivity contribution in [2.24, 2.45) is 0 Å². The maximum Gasteiger partial charge on any atom is 0.257 e. The van der Waals surface area contributed by atoms with E-state index in [0.29, 0.717) is 26.1 Å². The largest absolute Gasteiger partial charge is 0.497 e. The lowest BCUT2D eigenvalue weighted by atomic mass is 10.1. The van der Waals surface area contributed by atoms with Gasteiger partial charge in [0.25, 0.3) is 5.91 Å². The summed E-state index contributed by atoms with van der Waals surface area (Å²) in [7, 11) is 1.63. The predicted molar refractivity (Wildman–Crippen MR) is 145 cm³/mol. The van der Waals surface area contributed by atoms with E-state index in [1.54, 1.807) is 24.1 Å². The van der Waals surface area contributed by atoms with Gasteiger partial charge in [0.2, 0.25) is 5.91 Å². The van der Waals surface area contributed by atoms with Gasteiger partial charge in [-0.25, -0.2) is 4.39 Å². The number of halogens is 1. The Balaban J connectivity index is 1.39. The van der Waals surface area contributed by atoms with E-state index in [-0.39, 0.29) is 24.1 Å². The van der Waals surface area contributed by atoms with E-state index in [9.17, 15) is 14.0 Å². The van der Waals surface area contributed by atoms with Gasteiger partial charge in [-0.05, 0) is 68.3 Å². The molecular formula is C29H34FN5O3. The van der Waals surface area contributed by atoms with Crippen LogP contribution < -0.4 is 9.64 Å². The Bertz CT molecular complexity index is 1240. The fraction of sp³-hybridized carbons (Fsp3) is 0.379. The van der Waals surface area contributed by atoms with Crippen molar-refractivity contribution in [2.45, 2.75) is 32.7 Å². The molecule has 1 unspecified atom stereocenters. The van der Waals surface area contributed by atoms with Crippen LogP contribution >= 0.6 is 0 Å². The molecule has 1 aliphatic rings. The van der Waals surface area contributed by atoms with Crippen LogP contribution in [0.15, 0.2) is 60.7 Å². The molecule has 0 spiro atoms. The van der Waals surface area contributed by atoms with E-state index in [0.717, 1.165) is 35.8 Å². The molecule has 0 radical (unpaired) electrons. The van der Waals surface area contributed by atoms with Crippen molar-refractivity contribution in [3.05, 3.63) is 72.0 Å². The smallest absolute Gasteiger partial charge is 0.257 e. The molecule has 8 nitrogen and oxygen atoms in total. The summed E-state index contributed by atoms with van der Waals surface area (Å²) in [5, 5.41) is 8.83. The van der Waals surface area contributed by atoms with Crippen LogP contribution in [0.5, 0.6) is 5.75 Å². The summed E-state index contributed by atoms with van der Waals surface area (Å²) < 4.78 is 19.5. The number of hydrogen-bond acceptors (Lipinski definition) is 6. The van der Waals surface area contributed by atoms with Crippen LogP contribution in [0.4, 0.5) is 10.2 Å². The summed E-state index contributed by atoms with van der Waals surface area (Å²) in [6.07, 6.45) is 1.42. The molecule has 0 N–H and O–H groups in total. The highest BCUT2D eigenvalue weighted by molar-refractivity contribution is 5.97. The van der Waals surface area contributed by atoms with Crippen LogP contribution in [0.25, 0.3) is 11.3 Å². The average Bonchev–Trinajstić information content (AvgIpc) is 3.22. The number of benzene rings is 2. The van der Waals surface area contributed by atoms with Crippen molar-refractivity contribution in [3.63, 3.8) is 0 Å². The highest BCUT2D eigenvalue weighted by atomic mass is 19.1. The Hall–Kier alpha value is -4.01. The molecule has 0 bridgehead atoms. The third-order valence-electron chi connectivity index (χ3n) is 7.00. The molecular weight excluding hydrogens is 485 g/mol. The number of ether oxygens (including phenoxy) is 1. The second-order valence-corrected chi connectivity index (χ2v) is 9.40. The molecule has 1 saturated heterocycles. The number of anilines is 1. The highest BCUT2D eigenvalue weighted by Crippen LogP contribution is 2.22. The first-order chi connectivity index (χ1) is 18.4. The molecule has 1 fully saturated rings. The molecule has 0 aliphatic carbocycles. The number of methoxy groups -OCH3 is 1. The Labute approximate surface area is 223 Å². The molecule has 2 amide bonds. The van der Waals surface area contributed by atoms with Crippen LogP contribution in [-0.4, -0.2) is 77.7 Å². The lowest BCUT2D eigenvalue weighted by molar-refractivity contribution is -0.132. The van der Waals surface area contributed by atoms with Gasteiger partial charge in [-0.2, -0.15) is 0 Å². The number of aromatic nitrogens is 2. The van der Waals surface area contributed by atoms with Crippen LogP contribution in [-0.2, 0) is 4.79 Å². The molecule has 2 aromatic carbocycles. The lowest BCUT2D eigenvalue weighted by Crippen LogP contribution is -2.47. The highest BCUT2D eigenvalue weighted by Gasteiger charge is 2.28. The zero-order valence-corrected chi connectivity index (χ0v) is 22.1. The quantitative estimate of drug-likeness (QED) is 0.442. The minimum Gasteiger partial charge on any atom is -0.497 e. The van der Waals surface area contributed by atoms with E-state index >= 15 is 0 Å². The van der Waals surface area contributed by atoms with Gasteiger partial charge in [-0.3, -0.25) is 9.59 Å². The zero-order valence-electron chi connectivity index (χ0n) is 22.1. The Kier molecular flexibility index (Phi) is 8.89. The van der Waals surface area contributed by atoms with Gasteiger partial charge in [-0.1, -0.05) is 19.1 Å². The number of nitrogens with zero attached hydrogens (tertiary/aromatic N) is 5. The molecule has 1 aliphatic heterocycles. The number of hydrogen-bond donors (Lipinski definition) is 0. The van der Waals surface area contributed by atoms with E-state index in [4.69, 9.17) is 4.74 Å². The summed E-state index contributed by atoms with van der Waals surface area (Å²) in [6, 6.07) is 17.2. The van der Waals surface area contributed by atoms with Gasteiger partial charge >= 0.3 is 0 Å². The minimum absolute atomic E-state index is 0.0145. The standard InChI is InChI=1S/C29H34FN5O3/c1-4-21(2)35(29(37)24-8-5-6-9-25(24)30)20-28(36)34-17-7-16-33(18-19-34)27-15-14-26(31-32-27)22-10-12-23(38-3)13-11-22/h5-6,8-15,21H,4,7,16-20H2,1-3H3. The number of amides is 2. The maximum absolute atomic E-state index is 14.3. The molecule has 200 valence electrons. The van der Waals surface area contributed by atoms with Crippen LogP contribution in [0.2, 0.25) is 0 Å². The zero-order chi connectivity index (χ0) is 27.1. The van der Waals surface area contributed by atoms with Crippen molar-refractivity contribution >= 4 is 17.6 Å². The molecule has 1 atom stereocenters. The van der Waals surface area contributed by atoms with Gasteiger partial charge < -0.3 is 19.4 Å². The number of carbonyl (C=O) groups excluding carboxylic acids is 2. The van der Waals surface area contributed by atoms with E-state index < -0.39 is 11.7 Å². The molecule has 9 heteroatoms.